The number of phenols is 1. The van der Waals surface area contributed by atoms with Crippen LogP contribution in [0.25, 0.3) is 10.9 Å². The Bertz CT molecular complexity index is 2410. The van der Waals surface area contributed by atoms with E-state index in [2.05, 4.69) is 54.4 Å². The second-order valence-corrected chi connectivity index (χ2v) is 25.2. The maximum absolute atomic E-state index is 13.4. The van der Waals surface area contributed by atoms with Crippen LogP contribution in [0.15, 0.2) is 76.2 Å². The second-order valence-electron chi connectivity index (χ2n) is 18.1. The second kappa shape index (κ2) is 19.1. The minimum absolute atomic E-state index is 0.0133. The molecule has 1 amide bonds. The van der Waals surface area contributed by atoms with E-state index >= 15 is 0 Å². The number of aromatic nitrogens is 1. The molecule has 2 fully saturated rings. The molecule has 338 valence electrons. The number of methoxy groups -OCH3 is 1. The van der Waals surface area contributed by atoms with Gasteiger partial charge in [-0.2, -0.15) is 0 Å². The number of carbonyl (C=O) groups excluding carboxylic acids is 2. The Labute approximate surface area is 381 Å². The minimum Gasteiger partial charge on any atom is -0.506 e. The molecule has 5 N–H and O–H groups in total. The first-order valence-electron chi connectivity index (χ1n) is 21.2. The summed E-state index contributed by atoms with van der Waals surface area (Å²) in [6.07, 6.45) is 2.16. The largest absolute Gasteiger partial charge is 0.506 e. The summed E-state index contributed by atoms with van der Waals surface area (Å²) >= 11 is 9.37. The van der Waals surface area contributed by atoms with E-state index in [0.717, 1.165) is 49.9 Å². The predicted octanol–water partition coefficient (Wildman–Crippen LogP) is 9.14. The topological polar surface area (TPSA) is 172 Å². The van der Waals surface area contributed by atoms with Gasteiger partial charge in [0.25, 0.3) is 0 Å². The number of carbonyl (C=O) groups is 2. The van der Waals surface area contributed by atoms with E-state index in [-0.39, 0.29) is 34.5 Å². The number of fused-ring (bicyclic) bond motifs is 1. The van der Waals surface area contributed by atoms with Crippen molar-refractivity contribution >= 4 is 71.2 Å². The van der Waals surface area contributed by atoms with E-state index in [1.54, 1.807) is 43.5 Å². The van der Waals surface area contributed by atoms with Crippen molar-refractivity contribution in [1.29, 1.82) is 0 Å². The highest BCUT2D eigenvalue weighted by atomic mass is 35.5. The normalized spacial score (nSPS) is 16.4. The zero-order chi connectivity index (χ0) is 45.2. The number of rotatable bonds is 16. The number of hydrogen-bond donors (Lipinski definition) is 5. The van der Waals surface area contributed by atoms with Crippen molar-refractivity contribution in [3.63, 3.8) is 0 Å². The number of likely N-dealkylation sites (tertiary alicyclic amines) is 1. The zero-order valence-electron chi connectivity index (χ0n) is 36.5. The van der Waals surface area contributed by atoms with Gasteiger partial charge in [0, 0.05) is 42.7 Å². The summed E-state index contributed by atoms with van der Waals surface area (Å²) in [4.78, 5) is 44.6. The standard InChI is InChI=1S/C46H57ClN4O9S2Si/c1-44(2,3)63(5,6)60-37(31-11-13-35(52)41-32(31)12-14-40(53)50-41)28-48-27-29-23-33(47)34(24-36(29)57-4)49-43(55)58-20-19-51-17-15-45(16-18-51)25-30(26-45)59-42(54)46(56,38-9-7-21-61-38)39-10-8-22-62-39/h7-14,21-24,30,37,48,52,56H,15-20,25-28H2,1-6H3,(H,49,55)(H,50,53)/t37-/m0/s1. The van der Waals surface area contributed by atoms with Crippen LogP contribution in [0.5, 0.6) is 11.5 Å². The zero-order valence-corrected chi connectivity index (χ0v) is 39.9. The third-order valence-electron chi connectivity index (χ3n) is 13.0. The molecular formula is C46H57ClN4O9S2Si. The number of aromatic amines is 1. The molecule has 7 rings (SSSR count). The van der Waals surface area contributed by atoms with Crippen LogP contribution in [0.2, 0.25) is 23.2 Å². The SMILES string of the molecule is COc1cc(NC(=O)OCCN2CCC3(CC2)CC(OC(=O)C(O)(c2cccs2)c2cccs2)C3)c(Cl)cc1CNC[C@H](O[Si](C)(C)C(C)(C)C)c1ccc(O)c2[nH]c(=O)ccc12. The highest BCUT2D eigenvalue weighted by Gasteiger charge is 2.51. The summed E-state index contributed by atoms with van der Waals surface area (Å²) in [6, 6.07) is 17.2. The summed E-state index contributed by atoms with van der Waals surface area (Å²) in [6.45, 7) is 14.1. The molecule has 1 spiro atoms. The quantitative estimate of drug-likeness (QED) is 0.0472. The number of H-pyrrole nitrogens is 1. The van der Waals surface area contributed by atoms with Gasteiger partial charge in [0.1, 0.15) is 24.2 Å². The molecule has 63 heavy (non-hydrogen) atoms. The van der Waals surface area contributed by atoms with Gasteiger partial charge in [-0.25, -0.2) is 9.59 Å². The Morgan fingerprint density at radius 2 is 1.71 bits per heavy atom. The monoisotopic (exact) mass is 936 g/mol. The lowest BCUT2D eigenvalue weighted by Crippen LogP contribution is -2.52. The number of phenolic OH excluding ortho intramolecular Hbond substituents is 1. The van der Waals surface area contributed by atoms with E-state index < -0.39 is 32.1 Å². The van der Waals surface area contributed by atoms with Gasteiger partial charge in [-0.1, -0.05) is 50.6 Å². The number of pyridine rings is 1. The van der Waals surface area contributed by atoms with Gasteiger partial charge in [-0.3, -0.25) is 15.0 Å². The van der Waals surface area contributed by atoms with Gasteiger partial charge in [0.2, 0.25) is 11.2 Å². The number of halogens is 1. The molecule has 4 heterocycles. The van der Waals surface area contributed by atoms with Crippen molar-refractivity contribution in [1.82, 2.24) is 15.2 Å². The van der Waals surface area contributed by atoms with Crippen LogP contribution in [0.3, 0.4) is 0 Å². The number of ether oxygens (including phenoxy) is 3. The number of nitrogens with one attached hydrogen (secondary N) is 3. The molecule has 2 aliphatic rings. The van der Waals surface area contributed by atoms with Crippen LogP contribution in [0, 0.1) is 5.41 Å². The van der Waals surface area contributed by atoms with Crippen LogP contribution in [0.1, 0.15) is 73.4 Å². The molecule has 3 aromatic heterocycles. The fraction of sp³-hybridized carbons (Fsp3) is 0.457. The first-order chi connectivity index (χ1) is 29.9. The third kappa shape index (κ3) is 10.3. The fourth-order valence-corrected chi connectivity index (χ4v) is 11.5. The highest BCUT2D eigenvalue weighted by Crippen LogP contribution is 2.51. The number of aliphatic hydroxyl groups is 1. The average Bonchev–Trinajstić information content (AvgIpc) is 3.98. The summed E-state index contributed by atoms with van der Waals surface area (Å²) in [7, 11) is -0.733. The number of piperidine rings is 1. The molecule has 0 bridgehead atoms. The lowest BCUT2D eigenvalue weighted by atomic mass is 9.61. The van der Waals surface area contributed by atoms with Gasteiger partial charge in [-0.15, -0.1) is 22.7 Å². The number of nitrogens with zero attached hydrogens (tertiary/aromatic N) is 1. The summed E-state index contributed by atoms with van der Waals surface area (Å²) in [5, 5.41) is 33.0. The first-order valence-corrected chi connectivity index (χ1v) is 26.2. The smallest absolute Gasteiger partial charge is 0.411 e. The minimum atomic E-state index is -2.29. The average molecular weight is 938 g/mol. The van der Waals surface area contributed by atoms with E-state index in [9.17, 15) is 24.6 Å². The van der Waals surface area contributed by atoms with Gasteiger partial charge < -0.3 is 39.2 Å². The van der Waals surface area contributed by atoms with Crippen molar-refractivity contribution in [2.75, 3.05) is 45.2 Å². The molecule has 1 aliphatic carbocycles. The Kier molecular flexibility index (Phi) is 14.1. The van der Waals surface area contributed by atoms with Crippen molar-refractivity contribution < 1.29 is 38.4 Å². The molecule has 13 nitrogen and oxygen atoms in total. The molecule has 2 aromatic carbocycles. The number of esters is 1. The summed E-state index contributed by atoms with van der Waals surface area (Å²) in [5.74, 6) is -0.115. The summed E-state index contributed by atoms with van der Waals surface area (Å²) in [5.41, 5.74) is 0.321. The molecule has 1 saturated heterocycles. The number of amides is 1. The van der Waals surface area contributed by atoms with Gasteiger partial charge in [-0.05, 0) is 109 Å². The highest BCUT2D eigenvalue weighted by molar-refractivity contribution is 7.12. The molecule has 1 aliphatic heterocycles. The maximum atomic E-state index is 13.4. The van der Waals surface area contributed by atoms with Crippen LogP contribution >= 0.6 is 34.3 Å². The van der Waals surface area contributed by atoms with Crippen LogP contribution in [-0.4, -0.2) is 86.5 Å². The van der Waals surface area contributed by atoms with Crippen molar-refractivity contribution in [2.24, 2.45) is 5.41 Å². The molecule has 17 heteroatoms. The van der Waals surface area contributed by atoms with Gasteiger partial charge in [0.05, 0.1) is 39.2 Å². The number of thiophene rings is 2. The Morgan fingerprint density at radius 1 is 1.03 bits per heavy atom. The molecular weight excluding hydrogens is 880 g/mol. The van der Waals surface area contributed by atoms with Crippen LogP contribution in [0.4, 0.5) is 10.5 Å². The van der Waals surface area contributed by atoms with Crippen molar-refractivity contribution in [3.05, 3.63) is 108 Å². The van der Waals surface area contributed by atoms with Crippen LogP contribution in [-0.2, 0) is 30.8 Å². The third-order valence-corrected chi connectivity index (χ3v) is 19.7. The number of aromatic hydroxyl groups is 1. The lowest BCUT2D eigenvalue weighted by molar-refractivity contribution is -0.181. The maximum Gasteiger partial charge on any atom is 0.411 e. The molecule has 5 aromatic rings. The fourth-order valence-electron chi connectivity index (χ4n) is 8.23. The van der Waals surface area contributed by atoms with Crippen molar-refractivity contribution in [2.45, 2.75) is 88.9 Å². The molecule has 0 radical (unpaired) electrons. The molecule has 0 unspecified atom stereocenters. The molecule has 1 saturated carbocycles. The van der Waals surface area contributed by atoms with Gasteiger partial charge in [0.15, 0.2) is 8.32 Å². The first kappa shape index (κ1) is 46.7. The lowest BCUT2D eigenvalue weighted by Gasteiger charge is -2.51. The van der Waals surface area contributed by atoms with Crippen LogP contribution < -0.4 is 20.9 Å². The van der Waals surface area contributed by atoms with E-state index in [1.807, 2.05) is 29.0 Å². The van der Waals surface area contributed by atoms with E-state index in [4.69, 9.17) is 30.2 Å². The number of anilines is 1. The Hall–Kier alpha value is -4.26. The predicted molar refractivity (Wildman–Crippen MR) is 251 cm³/mol. The summed E-state index contributed by atoms with van der Waals surface area (Å²) < 4.78 is 24.1. The van der Waals surface area contributed by atoms with Crippen molar-refractivity contribution in [3.8, 4) is 11.5 Å². The molecule has 1 atom stereocenters. The van der Waals surface area contributed by atoms with Gasteiger partial charge >= 0.3 is 12.1 Å². The number of hydrogen-bond acceptors (Lipinski definition) is 13. The van der Waals surface area contributed by atoms with E-state index in [0.29, 0.717) is 56.8 Å². The Morgan fingerprint density at radius 3 is 2.33 bits per heavy atom. The number of benzene rings is 2. The van der Waals surface area contributed by atoms with E-state index in [1.165, 1.54) is 28.7 Å². The Balaban J connectivity index is 0.882.